The van der Waals surface area contributed by atoms with E-state index in [1.165, 1.54) is 50.7 Å². The third kappa shape index (κ3) is 8.24. The summed E-state index contributed by atoms with van der Waals surface area (Å²) in [5.41, 5.74) is 1.10. The summed E-state index contributed by atoms with van der Waals surface area (Å²) in [6.45, 7) is 2.21. The zero-order valence-electron chi connectivity index (χ0n) is 12.0. The molecule has 0 aliphatic carbocycles. The zero-order valence-corrected chi connectivity index (χ0v) is 14.0. The second kappa shape index (κ2) is 10.6. The Morgan fingerprint density at radius 2 is 1.40 bits per heavy atom. The van der Waals surface area contributed by atoms with Gasteiger partial charge in [-0.3, -0.25) is 0 Å². The van der Waals surface area contributed by atoms with E-state index in [1.54, 1.807) is 12.1 Å². The molecule has 0 aliphatic rings. The number of hydrogen-bond acceptors (Lipinski definition) is 3. The van der Waals surface area contributed by atoms with E-state index in [4.69, 9.17) is 0 Å². The first-order chi connectivity index (χ1) is 9.04. The van der Waals surface area contributed by atoms with E-state index in [0.717, 1.165) is 18.4 Å². The van der Waals surface area contributed by atoms with Crippen LogP contribution in [0.3, 0.4) is 0 Å². The van der Waals surface area contributed by atoms with Gasteiger partial charge in [-0.25, -0.2) is 0 Å². The molecule has 0 saturated heterocycles. The van der Waals surface area contributed by atoms with E-state index in [2.05, 4.69) is 6.92 Å². The third-order valence-electron chi connectivity index (χ3n) is 3.32. The van der Waals surface area contributed by atoms with Crippen LogP contribution in [0.5, 0.6) is 0 Å². The Morgan fingerprint density at radius 1 is 0.900 bits per heavy atom. The first-order valence-electron chi connectivity index (χ1n) is 7.15. The molecule has 0 unspecified atom stereocenters. The molecule has 0 fully saturated rings. The molecule has 0 aliphatic heterocycles. The topological polar surface area (TPSA) is 63.2 Å². The van der Waals surface area contributed by atoms with Crippen molar-refractivity contribution in [3.63, 3.8) is 0 Å². The molecule has 20 heavy (non-hydrogen) atoms. The van der Waals surface area contributed by atoms with Gasteiger partial charge in [0.2, 0.25) is 0 Å². The van der Waals surface area contributed by atoms with Crippen molar-refractivity contribution >= 4 is 12.9 Å². The summed E-state index contributed by atoms with van der Waals surface area (Å²) in [6.07, 6.45) is 9.80. The van der Waals surface area contributed by atoms with Gasteiger partial charge in [-0.2, -0.15) is 0 Å². The van der Waals surface area contributed by atoms with E-state index >= 15 is 0 Å². The van der Waals surface area contributed by atoms with Crippen molar-refractivity contribution in [2.45, 2.75) is 58.3 Å². The Morgan fingerprint density at radius 3 is 1.90 bits per heavy atom. The zero-order chi connectivity index (χ0) is 14.1. The fraction of sp³-hybridized carbons (Fsp3) is 0.600. The molecule has 0 spiro atoms. The summed E-state index contributed by atoms with van der Waals surface area (Å²) in [7, 11) is -4.59. The van der Waals surface area contributed by atoms with Crippen LogP contribution in [0, 0.1) is 0 Å². The summed E-state index contributed by atoms with van der Waals surface area (Å²) in [6, 6.07) is 6.32. The molecule has 0 N–H and O–H groups in total. The molecule has 0 radical (unpaired) electrons. The average molecular weight is 338 g/mol. The predicted octanol–water partition coefficient (Wildman–Crippen LogP) is 2.52. The molecule has 0 amide bonds. The Bertz CT molecular complexity index is 400. The van der Waals surface area contributed by atoms with Crippen molar-refractivity contribution in [1.82, 2.24) is 0 Å². The maximum Gasteiger partial charge on any atom is 2.00 e. The molecule has 114 valence electrons. The van der Waals surface area contributed by atoms with E-state index in [1.807, 2.05) is 0 Å². The molecule has 0 saturated carbocycles. The third-order valence-corrected chi connectivity index (χ3v) is 4.25. The summed E-state index contributed by atoms with van der Waals surface area (Å²) < 4.78 is 10.8. The van der Waals surface area contributed by atoms with E-state index in [-0.39, 0.29) is 22.4 Å². The van der Waals surface area contributed by atoms with Crippen LogP contribution < -0.4 is 15.1 Å². The molecule has 0 bridgehead atoms. The van der Waals surface area contributed by atoms with Gasteiger partial charge in [-0.15, -0.1) is 0 Å². The van der Waals surface area contributed by atoms with Gasteiger partial charge in [-0.05, 0) is 31.3 Å². The van der Waals surface area contributed by atoms with E-state index in [9.17, 15) is 14.4 Å². The maximum atomic E-state index is 10.8. The van der Waals surface area contributed by atoms with Gasteiger partial charge < -0.3 is 14.4 Å². The Hall–Kier alpha value is -0.111. The standard InChI is InChI=1S/C15H25O3P.Fe/c1-2-3-4-5-6-7-8-9-14-10-12-15(13-11-14)19(16,17)18;/h10-13H,2-9H2,1H3,(H2,16,17,18);/q;+2/p-2. The van der Waals surface area contributed by atoms with Crippen LogP contribution in [0.15, 0.2) is 24.3 Å². The Balaban J connectivity index is 0.00000361. The molecule has 3 nitrogen and oxygen atoms in total. The first kappa shape index (κ1) is 19.9. The van der Waals surface area contributed by atoms with Gasteiger partial charge >= 0.3 is 17.1 Å². The maximum absolute atomic E-state index is 10.8. The Kier molecular flexibility index (Phi) is 10.5. The normalized spacial score (nSPS) is 11.2. The molecular formula is C15H23FeO3P. The molecule has 0 heterocycles. The van der Waals surface area contributed by atoms with Crippen molar-refractivity contribution in [1.29, 1.82) is 0 Å². The monoisotopic (exact) mass is 338 g/mol. The van der Waals surface area contributed by atoms with Crippen molar-refractivity contribution in [2.24, 2.45) is 0 Å². The van der Waals surface area contributed by atoms with Gasteiger partial charge in [0.05, 0.1) is 0 Å². The predicted molar refractivity (Wildman–Crippen MR) is 75.4 cm³/mol. The second-order valence-electron chi connectivity index (χ2n) is 5.04. The van der Waals surface area contributed by atoms with Gasteiger partial charge in [0.15, 0.2) is 0 Å². The SMILES string of the molecule is CCCCCCCCCc1ccc(P(=O)([O-])[O-])cc1.[Fe+2]. The first-order valence-corrected chi connectivity index (χ1v) is 8.70. The van der Waals surface area contributed by atoms with Crippen molar-refractivity contribution in [3.05, 3.63) is 29.8 Å². The number of unbranched alkanes of at least 4 members (excludes halogenated alkanes) is 6. The van der Waals surface area contributed by atoms with Crippen LogP contribution in [-0.4, -0.2) is 0 Å². The van der Waals surface area contributed by atoms with Gasteiger partial charge in [0.25, 0.3) is 0 Å². The summed E-state index contributed by atoms with van der Waals surface area (Å²) in [5, 5.41) is -0.115. The average Bonchev–Trinajstić information content (AvgIpc) is 2.37. The summed E-state index contributed by atoms with van der Waals surface area (Å²) in [4.78, 5) is 21.6. The molecule has 1 rings (SSSR count). The van der Waals surface area contributed by atoms with Gasteiger partial charge in [-0.1, -0.05) is 69.7 Å². The van der Waals surface area contributed by atoms with Crippen molar-refractivity contribution < 1.29 is 31.4 Å². The molecule has 0 atom stereocenters. The van der Waals surface area contributed by atoms with Crippen molar-refractivity contribution in [2.75, 3.05) is 0 Å². The summed E-state index contributed by atoms with van der Waals surface area (Å²) >= 11 is 0. The quantitative estimate of drug-likeness (QED) is 0.395. The van der Waals surface area contributed by atoms with Crippen LogP contribution >= 0.6 is 7.60 Å². The number of aryl methyl sites for hydroxylation is 1. The van der Waals surface area contributed by atoms with Crippen LogP contribution in [-0.2, 0) is 28.1 Å². The molecule has 5 heteroatoms. The largest absolute Gasteiger partial charge is 2.00 e. The van der Waals surface area contributed by atoms with Crippen LogP contribution in [0.2, 0.25) is 0 Å². The minimum Gasteiger partial charge on any atom is -0.807 e. The van der Waals surface area contributed by atoms with E-state index < -0.39 is 7.60 Å². The fourth-order valence-corrected chi connectivity index (χ4v) is 2.65. The molecule has 0 aromatic heterocycles. The van der Waals surface area contributed by atoms with Gasteiger partial charge in [0, 0.05) is 0 Å². The minimum atomic E-state index is -4.59. The van der Waals surface area contributed by atoms with Gasteiger partial charge in [0.1, 0.15) is 0 Å². The molecular weight excluding hydrogens is 315 g/mol. The smallest absolute Gasteiger partial charge is 0.807 e. The number of benzene rings is 1. The number of hydrogen-bond donors (Lipinski definition) is 0. The molecule has 1 aromatic rings. The Labute approximate surface area is 132 Å². The second-order valence-corrected chi connectivity index (χ2v) is 6.55. The minimum absolute atomic E-state index is 0. The van der Waals surface area contributed by atoms with Crippen molar-refractivity contribution in [3.8, 4) is 0 Å². The summed E-state index contributed by atoms with van der Waals surface area (Å²) in [5.74, 6) is 0. The number of rotatable bonds is 9. The van der Waals surface area contributed by atoms with Crippen LogP contribution in [0.1, 0.15) is 57.4 Å². The fourth-order valence-electron chi connectivity index (χ4n) is 2.13. The van der Waals surface area contributed by atoms with E-state index in [0.29, 0.717) is 0 Å². The molecule has 1 aromatic carbocycles. The van der Waals surface area contributed by atoms with Crippen LogP contribution in [0.4, 0.5) is 0 Å². The van der Waals surface area contributed by atoms with Crippen LogP contribution in [0.25, 0.3) is 0 Å².